The maximum Gasteiger partial charge on any atom is 0.410 e. The summed E-state index contributed by atoms with van der Waals surface area (Å²) in [5.41, 5.74) is 2.58. The van der Waals surface area contributed by atoms with E-state index < -0.39 is 115 Å². The fraction of sp³-hybridized carbons (Fsp3) is 0.628. The minimum Gasteiger partial charge on any atom is -0.445 e. The Morgan fingerprint density at radius 2 is 1.29 bits per heavy atom. The molecule has 3 aromatic carbocycles. The van der Waals surface area contributed by atoms with Crippen molar-refractivity contribution in [3.05, 3.63) is 89.5 Å². The van der Waals surface area contributed by atoms with Crippen LogP contribution >= 0.6 is 23.5 Å². The summed E-state index contributed by atoms with van der Waals surface area (Å²) in [5.74, 6) is -4.23. The fourth-order valence-electron chi connectivity index (χ4n) is 14.0. The zero-order valence-corrected chi connectivity index (χ0v) is 65.7. The van der Waals surface area contributed by atoms with Gasteiger partial charge in [0.2, 0.25) is 53.2 Å². The molecule has 106 heavy (non-hydrogen) atoms. The molecule has 12 atom stereocenters. The van der Waals surface area contributed by atoms with Crippen molar-refractivity contribution in [2.24, 2.45) is 23.7 Å². The van der Waals surface area contributed by atoms with E-state index in [0.29, 0.717) is 88.8 Å². The van der Waals surface area contributed by atoms with E-state index in [0.717, 1.165) is 24.2 Å². The number of anilines is 3. The predicted molar refractivity (Wildman–Crippen MR) is 413 cm³/mol. The second-order valence-corrected chi connectivity index (χ2v) is 31.8. The molecule has 3 aliphatic rings. The monoisotopic (exact) mass is 1510 g/mol. The first-order valence-corrected chi connectivity index (χ1v) is 39.8. The summed E-state index contributed by atoms with van der Waals surface area (Å²) in [6.45, 7) is 13.9. The summed E-state index contributed by atoms with van der Waals surface area (Å²) in [6, 6.07) is 16.6. The molecule has 586 valence electrons. The molecule has 9 N–H and O–H groups in total. The van der Waals surface area contributed by atoms with E-state index in [4.69, 9.17) is 14.2 Å². The van der Waals surface area contributed by atoms with Gasteiger partial charge >= 0.3 is 6.09 Å². The third kappa shape index (κ3) is 27.5. The Balaban J connectivity index is 0.917. The SMILES string of the molecule is CC[C@H](C)[C@@H]([C@@H](CC(=O)N1CCC[C@H]1[C@H](OC)[C@@H](C)C(=O)N[C@H](C)[C@@H](O)c1ccccc1)OC)N(C)C(=O)CNC(=O)C(C(C)C)N(C)C(=O)OCc1ccc(NC(=O)CNC(=O)C(NC(=O)CCCNC(=O)c2cc3cc(c2)NC(=O)CCSC2CCCCCCCC(C2)SCCC(=O)N3)C(C)C)cc1. The van der Waals surface area contributed by atoms with Crippen molar-refractivity contribution < 1.29 is 72.1 Å². The number of aliphatic hydroxyl groups is 1. The largest absolute Gasteiger partial charge is 0.445 e. The molecule has 11 amide bonds. The molecule has 26 nitrogen and oxygen atoms in total. The van der Waals surface area contributed by atoms with Crippen LogP contribution in [-0.4, -0.2) is 204 Å². The van der Waals surface area contributed by atoms with Gasteiger partial charge in [-0.3, -0.25) is 52.8 Å². The van der Waals surface area contributed by atoms with Gasteiger partial charge in [0, 0.05) is 105 Å². The normalized spacial score (nSPS) is 19.3. The number of ether oxygens (including phenoxy) is 3. The molecule has 2 fully saturated rings. The second kappa shape index (κ2) is 44.5. The molecule has 3 aromatic rings. The lowest BCUT2D eigenvalue weighted by Crippen LogP contribution is -2.56. The van der Waals surface area contributed by atoms with Gasteiger partial charge in [0.05, 0.1) is 61.9 Å². The minimum atomic E-state index is -1.05. The van der Waals surface area contributed by atoms with Crippen molar-refractivity contribution in [2.45, 2.75) is 224 Å². The van der Waals surface area contributed by atoms with Crippen LogP contribution in [0.4, 0.5) is 21.9 Å². The predicted octanol–water partition coefficient (Wildman–Crippen LogP) is 8.97. The summed E-state index contributed by atoms with van der Waals surface area (Å²) in [4.78, 5) is 153. The van der Waals surface area contributed by atoms with Crippen molar-refractivity contribution in [2.75, 3.05) is 82.0 Å². The van der Waals surface area contributed by atoms with Gasteiger partial charge < -0.3 is 71.7 Å². The van der Waals surface area contributed by atoms with E-state index >= 15 is 0 Å². The molecule has 28 heteroatoms. The number of hydrogen-bond acceptors (Lipinski definition) is 17. The van der Waals surface area contributed by atoms with Gasteiger partial charge in [0.25, 0.3) is 5.91 Å². The van der Waals surface area contributed by atoms with Crippen LogP contribution < -0.4 is 42.5 Å². The van der Waals surface area contributed by atoms with Crippen LogP contribution in [0.1, 0.15) is 186 Å². The van der Waals surface area contributed by atoms with Gasteiger partial charge in [-0.15, -0.1) is 0 Å². The average molecular weight is 1510 g/mol. The number of rotatable bonds is 32. The highest BCUT2D eigenvalue weighted by Crippen LogP contribution is 2.34. The van der Waals surface area contributed by atoms with Gasteiger partial charge in [-0.2, -0.15) is 23.5 Å². The van der Waals surface area contributed by atoms with Gasteiger partial charge in [-0.25, -0.2) is 4.79 Å². The third-order valence-corrected chi connectivity index (χ3v) is 22.8. The quantitative estimate of drug-likeness (QED) is 0.0263. The van der Waals surface area contributed by atoms with Gasteiger partial charge in [-0.05, 0) is 105 Å². The molecule has 1 saturated heterocycles. The number of hydrogen-bond donors (Lipinski definition) is 9. The second-order valence-electron chi connectivity index (χ2n) is 28.9. The Labute approximate surface area is 634 Å². The minimum absolute atomic E-state index is 0.0309. The van der Waals surface area contributed by atoms with E-state index in [1.54, 1.807) is 108 Å². The van der Waals surface area contributed by atoms with Crippen LogP contribution in [0.5, 0.6) is 0 Å². The highest BCUT2D eigenvalue weighted by Gasteiger charge is 2.43. The van der Waals surface area contributed by atoms with Crippen molar-refractivity contribution in [3.63, 3.8) is 0 Å². The summed E-state index contributed by atoms with van der Waals surface area (Å²) in [7, 11) is 6.04. The van der Waals surface area contributed by atoms with Crippen molar-refractivity contribution in [1.29, 1.82) is 0 Å². The molecule has 4 bridgehead atoms. The van der Waals surface area contributed by atoms with Crippen molar-refractivity contribution >= 4 is 106 Å². The Morgan fingerprint density at radius 3 is 1.88 bits per heavy atom. The first kappa shape index (κ1) is 87.1. The number of carbonyl (C=O) groups excluding carboxylic acids is 11. The zero-order chi connectivity index (χ0) is 77.6. The molecule has 0 radical (unpaired) electrons. The van der Waals surface area contributed by atoms with E-state index in [1.807, 2.05) is 55.6 Å². The molecule has 1 saturated carbocycles. The molecule has 6 rings (SSSR count). The highest BCUT2D eigenvalue weighted by atomic mass is 32.2. The average Bonchev–Trinajstić information content (AvgIpc) is 1.58. The zero-order valence-electron chi connectivity index (χ0n) is 64.1. The van der Waals surface area contributed by atoms with Crippen LogP contribution in [0.3, 0.4) is 0 Å². The Kier molecular flexibility index (Phi) is 36.6. The van der Waals surface area contributed by atoms with E-state index in [-0.39, 0.29) is 73.4 Å². The lowest BCUT2D eigenvalue weighted by atomic mass is 9.90. The number of aliphatic hydroxyl groups excluding tert-OH is 1. The number of amides is 11. The van der Waals surface area contributed by atoms with Crippen LogP contribution in [-0.2, 0) is 64.0 Å². The summed E-state index contributed by atoms with van der Waals surface area (Å²) < 4.78 is 17.6. The fourth-order valence-corrected chi connectivity index (χ4v) is 16.8. The topological polar surface area (TPSA) is 342 Å². The highest BCUT2D eigenvalue weighted by molar-refractivity contribution is 8.00. The lowest BCUT2D eigenvalue weighted by molar-refractivity contribution is -0.146. The molecule has 0 spiro atoms. The lowest BCUT2D eigenvalue weighted by Gasteiger charge is -2.39. The van der Waals surface area contributed by atoms with Crippen molar-refractivity contribution in [3.8, 4) is 0 Å². The Hall–Kier alpha value is -7.79. The van der Waals surface area contributed by atoms with Crippen molar-refractivity contribution in [1.82, 2.24) is 41.3 Å². The van der Waals surface area contributed by atoms with Gasteiger partial charge in [0.1, 0.15) is 18.7 Å². The number of thioether (sulfide) groups is 2. The summed E-state index contributed by atoms with van der Waals surface area (Å²) in [5, 5.41) is 34.2. The van der Waals surface area contributed by atoms with Crippen LogP contribution in [0.15, 0.2) is 72.8 Å². The Morgan fingerprint density at radius 1 is 0.679 bits per heavy atom. The maximum atomic E-state index is 14.3. The summed E-state index contributed by atoms with van der Waals surface area (Å²) in [6.07, 6.45) is 8.89. The smallest absolute Gasteiger partial charge is 0.410 e. The van der Waals surface area contributed by atoms with Crippen LogP contribution in [0, 0.1) is 23.7 Å². The molecule has 4 unspecified atom stereocenters. The Bertz CT molecular complexity index is 3340. The number of methoxy groups -OCH3 is 2. The molecular weight excluding hydrogens is 1400 g/mol. The number of nitrogens with zero attached hydrogens (tertiary/aromatic N) is 3. The van der Waals surface area contributed by atoms with Gasteiger partial charge in [-0.1, -0.05) is 129 Å². The number of likely N-dealkylation sites (tertiary alicyclic amines) is 1. The summed E-state index contributed by atoms with van der Waals surface area (Å²) >= 11 is 3.71. The molecule has 1 aliphatic carbocycles. The van der Waals surface area contributed by atoms with E-state index in [9.17, 15) is 57.8 Å². The number of likely N-dealkylation sites (N-methyl/N-ethyl adjacent to an activating group) is 2. The standard InChI is InChI=1S/C78H117N11O15S2/c1-13-50(6)71(62(102-11)44-67(94)89-37-23-28-61(89)73(103-12)51(7)74(97)82-52(8)72(96)54-24-18-17-19-25-54)87(9)68(95)46-81-77(100)70(49(4)5)88(10)78(101)104-47-53-30-32-56(33-31-53)83-66(93)45-80-76(99)69(48(2)3)86-63(90)29-22-36-79-75(98)55-40-57-42-58(41-55)85-65(92)35-39-106-60-27-21-16-14-15-20-26-59(43-60)105-38-34-64(91)84-57/h17-19,24-25,30-33,40-42,48-52,59-62,69-73,96H,13-16,20-23,26-29,34-39,43-47H2,1-12H3,(H,79,98)(H,80,99)(H,81,100)(H,82,97)(H,83,93)(H,84,91)(H,85,92)(H,86,90)/t50-,51+,52+,59?,60?,61-,62+,69?,70?,71-,72+,73+/m0/s1. The first-order valence-electron chi connectivity index (χ1n) is 37.7. The molecule has 2 aliphatic heterocycles. The first-order chi connectivity index (χ1) is 50.6. The molecule has 2 heterocycles. The van der Waals surface area contributed by atoms with Crippen LogP contribution in [0.2, 0.25) is 0 Å². The van der Waals surface area contributed by atoms with Crippen LogP contribution in [0.25, 0.3) is 0 Å². The number of nitrogens with one attached hydrogen (secondary N) is 8. The molecule has 0 aromatic heterocycles. The van der Waals surface area contributed by atoms with E-state index in [1.165, 1.54) is 58.3 Å². The number of benzene rings is 3. The maximum absolute atomic E-state index is 14.3. The number of carbonyl (C=O) groups is 11. The molecular formula is C78H117N11O15S2. The van der Waals surface area contributed by atoms with Gasteiger partial charge in [0.15, 0.2) is 0 Å². The van der Waals surface area contributed by atoms with E-state index in [2.05, 4.69) is 42.5 Å². The number of fused-ring (bicyclic) bond motifs is 4. The third-order valence-electron chi connectivity index (χ3n) is 20.2.